The Bertz CT molecular complexity index is 334. The van der Waals surface area contributed by atoms with Crippen molar-refractivity contribution in [2.24, 2.45) is 5.92 Å². The van der Waals surface area contributed by atoms with Gasteiger partial charge in [-0.1, -0.05) is 26.0 Å². The van der Waals surface area contributed by atoms with Crippen LogP contribution in [0.3, 0.4) is 0 Å². The monoisotopic (exact) mass is 207 g/mol. The van der Waals surface area contributed by atoms with Gasteiger partial charge in [-0.05, 0) is 18.1 Å². The maximum Gasteiger partial charge on any atom is 0.221 e. The van der Waals surface area contributed by atoms with Gasteiger partial charge in [0.2, 0.25) is 5.91 Å². The minimum atomic E-state index is -0.0874. The van der Waals surface area contributed by atoms with E-state index in [-0.39, 0.29) is 5.91 Å². The van der Waals surface area contributed by atoms with Gasteiger partial charge in [0.1, 0.15) is 5.75 Å². The average molecular weight is 207 g/mol. The minimum absolute atomic E-state index is 0.0874. The number of para-hydroxylation sites is 2. The van der Waals surface area contributed by atoms with E-state index in [1.165, 1.54) is 6.92 Å². The molecule has 1 rings (SSSR count). The van der Waals surface area contributed by atoms with Crippen LogP contribution in [-0.2, 0) is 4.79 Å². The maximum atomic E-state index is 10.9. The van der Waals surface area contributed by atoms with Crippen molar-refractivity contribution in [3.63, 3.8) is 0 Å². The first-order valence-corrected chi connectivity index (χ1v) is 5.09. The second kappa shape index (κ2) is 5.39. The van der Waals surface area contributed by atoms with Crippen LogP contribution in [0, 0.1) is 5.92 Å². The van der Waals surface area contributed by atoms with Crippen molar-refractivity contribution in [3.05, 3.63) is 24.3 Å². The molecule has 15 heavy (non-hydrogen) atoms. The molecule has 0 saturated heterocycles. The Morgan fingerprint density at radius 1 is 1.40 bits per heavy atom. The first kappa shape index (κ1) is 11.6. The van der Waals surface area contributed by atoms with Crippen molar-refractivity contribution in [1.29, 1.82) is 0 Å². The van der Waals surface area contributed by atoms with E-state index in [0.717, 1.165) is 11.4 Å². The summed E-state index contributed by atoms with van der Waals surface area (Å²) >= 11 is 0. The summed E-state index contributed by atoms with van der Waals surface area (Å²) in [5.74, 6) is 1.10. The molecule has 3 nitrogen and oxygen atoms in total. The summed E-state index contributed by atoms with van der Waals surface area (Å²) in [7, 11) is 0. The van der Waals surface area contributed by atoms with Crippen LogP contribution in [-0.4, -0.2) is 12.5 Å². The lowest BCUT2D eigenvalue weighted by Crippen LogP contribution is -2.10. The third kappa shape index (κ3) is 4.02. The number of rotatable bonds is 4. The Morgan fingerprint density at radius 2 is 2.07 bits per heavy atom. The number of nitrogens with one attached hydrogen (secondary N) is 1. The van der Waals surface area contributed by atoms with Crippen LogP contribution in [0.5, 0.6) is 5.75 Å². The smallest absolute Gasteiger partial charge is 0.221 e. The predicted octanol–water partition coefficient (Wildman–Crippen LogP) is 2.68. The third-order valence-corrected chi connectivity index (χ3v) is 1.77. The second-order valence-electron chi connectivity index (χ2n) is 3.88. The van der Waals surface area contributed by atoms with Gasteiger partial charge < -0.3 is 10.1 Å². The van der Waals surface area contributed by atoms with E-state index in [2.05, 4.69) is 19.2 Å². The standard InChI is InChI=1S/C12H17NO2/c1-9(2)8-15-12-7-5-4-6-11(12)13-10(3)14/h4-7,9H,8H2,1-3H3,(H,13,14). The molecule has 0 aliphatic carbocycles. The molecule has 0 radical (unpaired) electrons. The molecule has 0 aliphatic heterocycles. The van der Waals surface area contributed by atoms with E-state index < -0.39 is 0 Å². The summed E-state index contributed by atoms with van der Waals surface area (Å²) in [6, 6.07) is 7.44. The molecule has 0 heterocycles. The Labute approximate surface area is 90.4 Å². The molecule has 1 aromatic carbocycles. The fourth-order valence-electron chi connectivity index (χ4n) is 1.14. The highest BCUT2D eigenvalue weighted by atomic mass is 16.5. The number of carbonyl (C=O) groups is 1. The molecule has 0 aliphatic rings. The summed E-state index contributed by atoms with van der Waals surface area (Å²) in [5, 5.41) is 2.73. The first-order chi connectivity index (χ1) is 7.09. The highest BCUT2D eigenvalue weighted by Crippen LogP contribution is 2.23. The van der Waals surface area contributed by atoms with Gasteiger partial charge in [-0.25, -0.2) is 0 Å². The van der Waals surface area contributed by atoms with Crippen LogP contribution >= 0.6 is 0 Å². The Morgan fingerprint density at radius 3 is 2.67 bits per heavy atom. The van der Waals surface area contributed by atoms with Crippen LogP contribution < -0.4 is 10.1 Å². The van der Waals surface area contributed by atoms with Crippen molar-refractivity contribution < 1.29 is 9.53 Å². The van der Waals surface area contributed by atoms with E-state index in [1.54, 1.807) is 0 Å². The predicted molar refractivity (Wildman–Crippen MR) is 61.1 cm³/mol. The fraction of sp³-hybridized carbons (Fsp3) is 0.417. The van der Waals surface area contributed by atoms with Crippen molar-refractivity contribution in [2.75, 3.05) is 11.9 Å². The summed E-state index contributed by atoms with van der Waals surface area (Å²) < 4.78 is 5.58. The van der Waals surface area contributed by atoms with Crippen molar-refractivity contribution in [1.82, 2.24) is 0 Å². The second-order valence-corrected chi connectivity index (χ2v) is 3.88. The van der Waals surface area contributed by atoms with Gasteiger partial charge in [0.25, 0.3) is 0 Å². The topological polar surface area (TPSA) is 38.3 Å². The maximum absolute atomic E-state index is 10.9. The summed E-state index contributed by atoms with van der Waals surface area (Å²) in [4.78, 5) is 10.9. The zero-order valence-electron chi connectivity index (χ0n) is 9.41. The molecule has 0 fully saturated rings. The van der Waals surface area contributed by atoms with E-state index >= 15 is 0 Å². The van der Waals surface area contributed by atoms with Gasteiger partial charge in [0.05, 0.1) is 12.3 Å². The van der Waals surface area contributed by atoms with E-state index in [1.807, 2.05) is 24.3 Å². The van der Waals surface area contributed by atoms with Crippen molar-refractivity contribution in [2.45, 2.75) is 20.8 Å². The Hall–Kier alpha value is -1.51. The molecule has 0 saturated carbocycles. The SMILES string of the molecule is CC(=O)Nc1ccccc1OCC(C)C. The molecular formula is C12H17NO2. The first-order valence-electron chi connectivity index (χ1n) is 5.09. The summed E-state index contributed by atoms with van der Waals surface area (Å²) in [6.07, 6.45) is 0. The molecule has 1 aromatic rings. The number of benzene rings is 1. The molecule has 0 unspecified atom stereocenters. The van der Waals surface area contributed by atoms with Gasteiger partial charge in [-0.2, -0.15) is 0 Å². The number of hydrogen-bond acceptors (Lipinski definition) is 2. The number of carbonyl (C=O) groups excluding carboxylic acids is 1. The normalized spacial score (nSPS) is 10.1. The molecule has 0 aromatic heterocycles. The van der Waals surface area contributed by atoms with E-state index in [9.17, 15) is 4.79 Å². The lowest BCUT2D eigenvalue weighted by atomic mass is 10.2. The van der Waals surface area contributed by atoms with Crippen LogP contribution in [0.25, 0.3) is 0 Å². The fourth-order valence-corrected chi connectivity index (χ4v) is 1.14. The lowest BCUT2D eigenvalue weighted by molar-refractivity contribution is -0.114. The number of amides is 1. The number of hydrogen-bond donors (Lipinski definition) is 1. The molecule has 1 N–H and O–H groups in total. The van der Waals surface area contributed by atoms with Gasteiger partial charge in [-0.3, -0.25) is 4.79 Å². The third-order valence-electron chi connectivity index (χ3n) is 1.77. The Balaban J connectivity index is 2.72. The van der Waals surface area contributed by atoms with Gasteiger partial charge in [0, 0.05) is 6.92 Å². The number of ether oxygens (including phenoxy) is 1. The average Bonchev–Trinajstić information content (AvgIpc) is 2.15. The quantitative estimate of drug-likeness (QED) is 0.824. The molecule has 0 bridgehead atoms. The van der Waals surface area contributed by atoms with Gasteiger partial charge >= 0.3 is 0 Å². The van der Waals surface area contributed by atoms with E-state index in [0.29, 0.717) is 12.5 Å². The van der Waals surface area contributed by atoms with Gasteiger partial charge in [0.15, 0.2) is 0 Å². The lowest BCUT2D eigenvalue weighted by Gasteiger charge is -2.12. The van der Waals surface area contributed by atoms with Crippen molar-refractivity contribution >= 4 is 11.6 Å². The molecule has 3 heteroatoms. The molecule has 0 spiro atoms. The molecule has 0 atom stereocenters. The van der Waals surface area contributed by atoms with Gasteiger partial charge in [-0.15, -0.1) is 0 Å². The zero-order valence-corrected chi connectivity index (χ0v) is 9.41. The molecular weight excluding hydrogens is 190 g/mol. The Kier molecular flexibility index (Phi) is 4.16. The van der Waals surface area contributed by atoms with Crippen molar-refractivity contribution in [3.8, 4) is 5.75 Å². The summed E-state index contributed by atoms with van der Waals surface area (Å²) in [6.45, 7) is 6.30. The zero-order chi connectivity index (χ0) is 11.3. The van der Waals surface area contributed by atoms with Crippen LogP contribution in [0.4, 0.5) is 5.69 Å². The van der Waals surface area contributed by atoms with Crippen LogP contribution in [0.15, 0.2) is 24.3 Å². The molecule has 1 amide bonds. The van der Waals surface area contributed by atoms with Crippen LogP contribution in [0.1, 0.15) is 20.8 Å². The largest absolute Gasteiger partial charge is 0.491 e. The highest BCUT2D eigenvalue weighted by molar-refractivity contribution is 5.90. The highest BCUT2D eigenvalue weighted by Gasteiger charge is 2.04. The van der Waals surface area contributed by atoms with Crippen LogP contribution in [0.2, 0.25) is 0 Å². The molecule has 82 valence electrons. The minimum Gasteiger partial charge on any atom is -0.491 e. The van der Waals surface area contributed by atoms with E-state index in [4.69, 9.17) is 4.74 Å². The summed E-state index contributed by atoms with van der Waals surface area (Å²) in [5.41, 5.74) is 0.727. The number of anilines is 1.